The lowest BCUT2D eigenvalue weighted by molar-refractivity contribution is 0.0690. The highest BCUT2D eigenvalue weighted by Crippen LogP contribution is 2.35. The maximum Gasteiger partial charge on any atom is 0.340 e. The molecule has 7 heteroatoms. The summed E-state index contributed by atoms with van der Waals surface area (Å²) in [6, 6.07) is 4.21. The molecule has 4 nitrogen and oxygen atoms in total. The zero-order valence-corrected chi connectivity index (χ0v) is 15.3. The molecule has 1 aliphatic carbocycles. The molecule has 1 N–H and O–H groups in total. The number of rotatable bonds is 5. The van der Waals surface area contributed by atoms with E-state index in [1.54, 1.807) is 13.0 Å². The number of carbonyl (C=O) groups is 1. The Morgan fingerprint density at radius 3 is 2.72 bits per heavy atom. The van der Waals surface area contributed by atoms with Crippen LogP contribution in [0.5, 0.6) is 0 Å². The predicted octanol–water partition coefficient (Wildman–Crippen LogP) is 5.23. The molecule has 1 aliphatic rings. The average Bonchev–Trinajstić information content (AvgIpc) is 3.07. The fourth-order valence-electron chi connectivity index (χ4n) is 3.07. The largest absolute Gasteiger partial charge is 0.478 e. The first-order valence-electron chi connectivity index (χ1n) is 8.14. The molecule has 0 unspecified atom stereocenters. The quantitative estimate of drug-likeness (QED) is 0.568. The van der Waals surface area contributed by atoms with Crippen LogP contribution >= 0.6 is 23.4 Å². The van der Waals surface area contributed by atoms with Crippen LogP contribution in [0.3, 0.4) is 0 Å². The Bertz CT molecular complexity index is 810. The molecule has 2 aromatic rings. The van der Waals surface area contributed by atoms with Gasteiger partial charge in [0.05, 0.1) is 5.69 Å². The minimum Gasteiger partial charge on any atom is -0.478 e. The molecule has 132 valence electrons. The second-order valence-electron chi connectivity index (χ2n) is 6.16. The topological polar surface area (TPSA) is 63.1 Å². The molecule has 3 rings (SSSR count). The minimum absolute atomic E-state index is 0.130. The number of halogens is 2. The molecular weight excluding hydrogens is 363 g/mol. The average molecular weight is 381 g/mol. The van der Waals surface area contributed by atoms with Crippen LogP contribution in [-0.2, 0) is 5.75 Å². The Kier molecular flexibility index (Phi) is 5.59. The van der Waals surface area contributed by atoms with Crippen molar-refractivity contribution in [2.24, 2.45) is 0 Å². The smallest absolute Gasteiger partial charge is 0.340 e. The number of nitrogens with zero attached hydrogens (tertiary/aromatic N) is 2. The van der Waals surface area contributed by atoms with E-state index in [9.17, 15) is 14.3 Å². The van der Waals surface area contributed by atoms with Gasteiger partial charge in [0.2, 0.25) is 0 Å². The second-order valence-corrected chi connectivity index (χ2v) is 7.53. The third-order valence-corrected chi connectivity index (χ3v) is 5.76. The fourth-order valence-corrected chi connectivity index (χ4v) is 4.46. The van der Waals surface area contributed by atoms with Gasteiger partial charge in [0.1, 0.15) is 22.2 Å². The number of aromatic carboxylic acids is 1. The maximum atomic E-state index is 13.2. The van der Waals surface area contributed by atoms with E-state index < -0.39 is 11.8 Å². The summed E-state index contributed by atoms with van der Waals surface area (Å²) in [5, 5.41) is 10.3. The van der Waals surface area contributed by atoms with Crippen molar-refractivity contribution >= 4 is 29.3 Å². The summed E-state index contributed by atoms with van der Waals surface area (Å²) in [6.45, 7) is 1.71. The molecule has 1 aromatic heterocycles. The molecular formula is C18H18ClFN2O2S. The zero-order valence-electron chi connectivity index (χ0n) is 13.8. The highest BCUT2D eigenvalue weighted by Gasteiger charge is 2.24. The van der Waals surface area contributed by atoms with Crippen molar-refractivity contribution in [1.29, 1.82) is 0 Å². The molecule has 1 saturated carbocycles. The van der Waals surface area contributed by atoms with Crippen LogP contribution in [0.4, 0.5) is 4.39 Å². The molecule has 0 bridgehead atoms. The summed E-state index contributed by atoms with van der Waals surface area (Å²) in [4.78, 5) is 20.6. The van der Waals surface area contributed by atoms with Gasteiger partial charge in [-0.2, -0.15) is 0 Å². The molecule has 1 aromatic carbocycles. The number of carboxylic acid groups (broad SMARTS) is 1. The fraction of sp³-hybridized carbons (Fsp3) is 0.389. The summed E-state index contributed by atoms with van der Waals surface area (Å²) < 4.78 is 13.2. The third kappa shape index (κ3) is 4.12. The first-order valence-corrected chi connectivity index (χ1v) is 9.50. The lowest BCUT2D eigenvalue weighted by Crippen LogP contribution is -2.11. The lowest BCUT2D eigenvalue weighted by Gasteiger charge is -2.14. The molecule has 0 radical (unpaired) electrons. The molecule has 0 spiro atoms. The Balaban J connectivity index is 1.90. The summed E-state index contributed by atoms with van der Waals surface area (Å²) in [6.07, 6.45) is 4.39. The van der Waals surface area contributed by atoms with Gasteiger partial charge < -0.3 is 5.11 Å². The number of aromatic nitrogens is 2. The summed E-state index contributed by atoms with van der Waals surface area (Å²) in [5.41, 5.74) is 1.35. The summed E-state index contributed by atoms with van der Waals surface area (Å²) >= 11 is 7.36. The minimum atomic E-state index is -1.04. The summed E-state index contributed by atoms with van der Waals surface area (Å²) in [7, 11) is 0. The van der Waals surface area contributed by atoms with Crippen LogP contribution < -0.4 is 0 Å². The van der Waals surface area contributed by atoms with Gasteiger partial charge >= 0.3 is 5.97 Å². The lowest BCUT2D eigenvalue weighted by atomic mass is 10.1. The Morgan fingerprint density at radius 1 is 1.36 bits per heavy atom. The molecule has 0 aliphatic heterocycles. The van der Waals surface area contributed by atoms with Gasteiger partial charge in [-0.25, -0.2) is 19.2 Å². The molecule has 0 saturated heterocycles. The van der Waals surface area contributed by atoms with Crippen molar-refractivity contribution in [3.63, 3.8) is 0 Å². The Labute approximate surface area is 154 Å². The first kappa shape index (κ1) is 18.1. The van der Waals surface area contributed by atoms with Crippen molar-refractivity contribution in [2.75, 3.05) is 0 Å². The van der Waals surface area contributed by atoms with Crippen molar-refractivity contribution in [2.45, 2.75) is 49.3 Å². The van der Waals surface area contributed by atoms with Gasteiger partial charge in [-0.15, -0.1) is 11.8 Å². The Morgan fingerprint density at radius 2 is 2.08 bits per heavy atom. The molecule has 1 heterocycles. The molecule has 0 amide bonds. The van der Waals surface area contributed by atoms with E-state index in [2.05, 4.69) is 9.97 Å². The van der Waals surface area contributed by atoms with Gasteiger partial charge in [0.25, 0.3) is 0 Å². The van der Waals surface area contributed by atoms with E-state index in [4.69, 9.17) is 11.6 Å². The van der Waals surface area contributed by atoms with Crippen LogP contribution in [-0.4, -0.2) is 21.0 Å². The standard InChI is InChI=1S/C18H18ClFN2O2S/c1-10-15(18(23)24)17(22-16(21-10)11-4-2-3-5-11)25-9-12-6-7-13(20)8-14(12)19/h6-8,11H,2-5,9H2,1H3,(H,23,24). The molecule has 25 heavy (non-hydrogen) atoms. The number of hydrogen-bond donors (Lipinski definition) is 1. The van der Waals surface area contributed by atoms with Crippen molar-refractivity contribution in [3.8, 4) is 0 Å². The first-order chi connectivity index (χ1) is 12.0. The number of aryl methyl sites for hydroxylation is 1. The van der Waals surface area contributed by atoms with Crippen molar-refractivity contribution < 1.29 is 14.3 Å². The zero-order chi connectivity index (χ0) is 18.0. The highest BCUT2D eigenvalue weighted by molar-refractivity contribution is 7.98. The van der Waals surface area contributed by atoms with E-state index in [0.29, 0.717) is 27.4 Å². The maximum absolute atomic E-state index is 13.2. The van der Waals surface area contributed by atoms with E-state index in [0.717, 1.165) is 37.1 Å². The molecule has 1 fully saturated rings. The van der Waals surface area contributed by atoms with Crippen LogP contribution in [0.2, 0.25) is 5.02 Å². The number of thioether (sulfide) groups is 1. The van der Waals surface area contributed by atoms with E-state index in [1.807, 2.05) is 0 Å². The van der Waals surface area contributed by atoms with Gasteiger partial charge in [-0.1, -0.05) is 30.5 Å². The van der Waals surface area contributed by atoms with E-state index in [-0.39, 0.29) is 5.56 Å². The third-order valence-electron chi connectivity index (χ3n) is 4.39. The van der Waals surface area contributed by atoms with Crippen LogP contribution in [0, 0.1) is 12.7 Å². The van der Waals surface area contributed by atoms with Gasteiger partial charge in [0.15, 0.2) is 0 Å². The molecule has 0 atom stereocenters. The van der Waals surface area contributed by atoms with E-state index in [1.165, 1.54) is 23.9 Å². The van der Waals surface area contributed by atoms with Crippen molar-refractivity contribution in [3.05, 3.63) is 51.7 Å². The number of carboxylic acids is 1. The van der Waals surface area contributed by atoms with Crippen LogP contribution in [0.25, 0.3) is 0 Å². The normalized spacial score (nSPS) is 14.8. The number of benzene rings is 1. The Hall–Kier alpha value is -1.66. The van der Waals surface area contributed by atoms with E-state index >= 15 is 0 Å². The SMILES string of the molecule is Cc1nc(C2CCCC2)nc(SCc2ccc(F)cc2Cl)c1C(=O)O. The highest BCUT2D eigenvalue weighted by atomic mass is 35.5. The predicted molar refractivity (Wildman–Crippen MR) is 95.9 cm³/mol. The van der Waals surface area contributed by atoms with Gasteiger partial charge in [0, 0.05) is 16.7 Å². The van der Waals surface area contributed by atoms with Gasteiger partial charge in [-0.3, -0.25) is 0 Å². The summed E-state index contributed by atoms with van der Waals surface area (Å²) in [5.74, 6) is 0.0116. The number of hydrogen-bond acceptors (Lipinski definition) is 4. The van der Waals surface area contributed by atoms with Crippen LogP contribution in [0.15, 0.2) is 23.2 Å². The van der Waals surface area contributed by atoms with Crippen molar-refractivity contribution in [1.82, 2.24) is 9.97 Å². The monoisotopic (exact) mass is 380 g/mol. The second kappa shape index (κ2) is 7.70. The van der Waals surface area contributed by atoms with Gasteiger partial charge in [-0.05, 0) is 37.5 Å². The van der Waals surface area contributed by atoms with Crippen LogP contribution in [0.1, 0.15) is 59.0 Å².